The fourth-order valence-corrected chi connectivity index (χ4v) is 4.17. The van der Waals surface area contributed by atoms with Crippen molar-refractivity contribution < 1.29 is 18.7 Å². The first kappa shape index (κ1) is 21.6. The molecule has 0 saturated carbocycles. The molecule has 6 heteroatoms. The third-order valence-corrected chi connectivity index (χ3v) is 5.84. The van der Waals surface area contributed by atoms with E-state index in [0.717, 1.165) is 5.56 Å². The van der Waals surface area contributed by atoms with Gasteiger partial charge in [-0.3, -0.25) is 9.59 Å². The summed E-state index contributed by atoms with van der Waals surface area (Å²) < 4.78 is 19.6. The van der Waals surface area contributed by atoms with Crippen molar-refractivity contribution in [2.75, 3.05) is 19.0 Å². The molecule has 1 saturated heterocycles. The molecule has 1 N–H and O–H groups in total. The van der Waals surface area contributed by atoms with Gasteiger partial charge in [-0.2, -0.15) is 0 Å². The summed E-state index contributed by atoms with van der Waals surface area (Å²) in [6.45, 7) is 0.211. The zero-order chi connectivity index (χ0) is 22.5. The van der Waals surface area contributed by atoms with Crippen molar-refractivity contribution in [3.05, 3.63) is 95.8 Å². The summed E-state index contributed by atoms with van der Waals surface area (Å²) in [6, 6.07) is 22.6. The number of amides is 2. The number of benzene rings is 3. The van der Waals surface area contributed by atoms with Crippen LogP contribution in [0.2, 0.25) is 0 Å². The second kappa shape index (κ2) is 9.64. The summed E-state index contributed by atoms with van der Waals surface area (Å²) in [5.74, 6) is -0.900. The highest BCUT2D eigenvalue weighted by Gasteiger charge is 2.36. The van der Waals surface area contributed by atoms with Gasteiger partial charge in [-0.15, -0.1) is 0 Å². The molecular weight excluding hydrogens is 407 g/mol. The van der Waals surface area contributed by atoms with E-state index in [4.69, 9.17) is 4.74 Å². The molecule has 4 rings (SSSR count). The SMILES string of the molecule is COc1cccc(NC(=O)C2CCC(c3ccccc3)N(C(=O)c3ccccc3F)C2)c1. The average Bonchev–Trinajstić information content (AvgIpc) is 2.84. The molecule has 1 heterocycles. The first-order chi connectivity index (χ1) is 15.6. The number of ether oxygens (including phenoxy) is 1. The smallest absolute Gasteiger partial charge is 0.257 e. The van der Waals surface area contributed by atoms with Gasteiger partial charge in [0.25, 0.3) is 5.91 Å². The molecule has 2 amide bonds. The van der Waals surface area contributed by atoms with Gasteiger partial charge < -0.3 is 15.0 Å². The van der Waals surface area contributed by atoms with Crippen LogP contribution in [0.5, 0.6) is 5.75 Å². The Bertz CT molecular complexity index is 1100. The number of rotatable bonds is 5. The number of piperidine rings is 1. The van der Waals surface area contributed by atoms with Gasteiger partial charge in [0.05, 0.1) is 24.6 Å². The largest absolute Gasteiger partial charge is 0.497 e. The molecule has 0 aliphatic carbocycles. The van der Waals surface area contributed by atoms with Gasteiger partial charge in [0, 0.05) is 18.3 Å². The Balaban J connectivity index is 1.58. The van der Waals surface area contributed by atoms with Gasteiger partial charge in [0.15, 0.2) is 0 Å². The Hall–Kier alpha value is -3.67. The van der Waals surface area contributed by atoms with Crippen molar-refractivity contribution in [2.45, 2.75) is 18.9 Å². The van der Waals surface area contributed by atoms with Gasteiger partial charge in [-0.05, 0) is 42.7 Å². The average molecular weight is 432 g/mol. The van der Waals surface area contributed by atoms with Crippen molar-refractivity contribution in [1.82, 2.24) is 4.90 Å². The topological polar surface area (TPSA) is 58.6 Å². The molecule has 3 aromatic carbocycles. The lowest BCUT2D eigenvalue weighted by atomic mass is 9.87. The maximum absolute atomic E-state index is 14.4. The molecule has 0 aromatic heterocycles. The molecule has 1 aliphatic rings. The molecule has 1 aliphatic heterocycles. The van der Waals surface area contributed by atoms with Crippen LogP contribution in [-0.2, 0) is 4.79 Å². The van der Waals surface area contributed by atoms with E-state index in [1.54, 1.807) is 48.4 Å². The van der Waals surface area contributed by atoms with E-state index in [1.807, 2.05) is 30.3 Å². The van der Waals surface area contributed by atoms with Crippen molar-refractivity contribution in [1.29, 1.82) is 0 Å². The maximum Gasteiger partial charge on any atom is 0.257 e. The summed E-state index contributed by atoms with van der Waals surface area (Å²) in [5, 5.41) is 2.92. The van der Waals surface area contributed by atoms with E-state index in [0.29, 0.717) is 24.3 Å². The highest BCUT2D eigenvalue weighted by atomic mass is 19.1. The van der Waals surface area contributed by atoms with Gasteiger partial charge in [0.1, 0.15) is 11.6 Å². The highest BCUT2D eigenvalue weighted by molar-refractivity contribution is 5.96. The Kier molecular flexibility index (Phi) is 6.50. The first-order valence-electron chi connectivity index (χ1n) is 10.6. The molecule has 0 radical (unpaired) electrons. The molecule has 2 unspecified atom stereocenters. The van der Waals surface area contributed by atoms with Gasteiger partial charge >= 0.3 is 0 Å². The monoisotopic (exact) mass is 432 g/mol. The van der Waals surface area contributed by atoms with E-state index in [1.165, 1.54) is 12.1 Å². The number of nitrogens with zero attached hydrogens (tertiary/aromatic N) is 1. The zero-order valence-electron chi connectivity index (χ0n) is 17.8. The second-order valence-corrected chi connectivity index (χ2v) is 7.86. The summed E-state index contributed by atoms with van der Waals surface area (Å²) in [7, 11) is 1.57. The molecule has 0 bridgehead atoms. The van der Waals surface area contributed by atoms with Crippen molar-refractivity contribution in [2.24, 2.45) is 5.92 Å². The minimum absolute atomic E-state index is 0.0160. The highest BCUT2D eigenvalue weighted by Crippen LogP contribution is 2.35. The second-order valence-electron chi connectivity index (χ2n) is 7.86. The lowest BCUT2D eigenvalue weighted by Crippen LogP contribution is -2.45. The van der Waals surface area contributed by atoms with Crippen LogP contribution in [-0.4, -0.2) is 30.4 Å². The number of methoxy groups -OCH3 is 1. The lowest BCUT2D eigenvalue weighted by Gasteiger charge is -2.39. The Labute approximate surface area is 186 Å². The standard InChI is InChI=1S/C26H25FN2O3/c1-32-21-11-7-10-20(16-21)28-25(30)19-14-15-24(18-8-3-2-4-9-18)29(17-19)26(31)22-12-5-6-13-23(22)27/h2-13,16,19,24H,14-15,17H2,1H3,(H,28,30). The van der Waals surface area contributed by atoms with Crippen LogP contribution in [0.4, 0.5) is 10.1 Å². The fraction of sp³-hybridized carbons (Fsp3) is 0.231. The van der Waals surface area contributed by atoms with Crippen LogP contribution in [0.1, 0.15) is 34.8 Å². The molecule has 2 atom stereocenters. The predicted octanol–water partition coefficient (Wildman–Crippen LogP) is 5.07. The lowest BCUT2D eigenvalue weighted by molar-refractivity contribution is -0.121. The molecule has 0 spiro atoms. The molecule has 1 fully saturated rings. The Morgan fingerprint density at radius 2 is 1.72 bits per heavy atom. The van der Waals surface area contributed by atoms with Crippen LogP contribution in [0.15, 0.2) is 78.9 Å². The van der Waals surface area contributed by atoms with Crippen LogP contribution < -0.4 is 10.1 Å². The quantitative estimate of drug-likeness (QED) is 0.613. The van der Waals surface area contributed by atoms with E-state index in [-0.39, 0.29) is 24.1 Å². The van der Waals surface area contributed by atoms with Gasteiger partial charge in [0.2, 0.25) is 5.91 Å². The molecule has 3 aromatic rings. The number of hydrogen-bond donors (Lipinski definition) is 1. The number of halogens is 1. The van der Waals surface area contributed by atoms with Crippen molar-refractivity contribution in [3.8, 4) is 5.75 Å². The number of carbonyl (C=O) groups is 2. The maximum atomic E-state index is 14.4. The number of anilines is 1. The summed E-state index contributed by atoms with van der Waals surface area (Å²) in [6.07, 6.45) is 1.23. The predicted molar refractivity (Wildman–Crippen MR) is 121 cm³/mol. The van der Waals surface area contributed by atoms with E-state index in [9.17, 15) is 14.0 Å². The summed E-state index contributed by atoms with van der Waals surface area (Å²) in [5.41, 5.74) is 1.62. The van der Waals surface area contributed by atoms with E-state index < -0.39 is 17.6 Å². The number of nitrogens with one attached hydrogen (secondary N) is 1. The van der Waals surface area contributed by atoms with Gasteiger partial charge in [-0.1, -0.05) is 48.5 Å². The molecule has 164 valence electrons. The third kappa shape index (κ3) is 4.64. The zero-order valence-corrected chi connectivity index (χ0v) is 17.8. The number of likely N-dealkylation sites (tertiary alicyclic amines) is 1. The Morgan fingerprint density at radius 1 is 0.969 bits per heavy atom. The van der Waals surface area contributed by atoms with Crippen LogP contribution in [0.3, 0.4) is 0 Å². The van der Waals surface area contributed by atoms with Crippen LogP contribution in [0.25, 0.3) is 0 Å². The Morgan fingerprint density at radius 3 is 2.47 bits per heavy atom. The first-order valence-corrected chi connectivity index (χ1v) is 10.6. The fourth-order valence-electron chi connectivity index (χ4n) is 4.17. The summed E-state index contributed by atoms with van der Waals surface area (Å²) in [4.78, 5) is 28.0. The van der Waals surface area contributed by atoms with Gasteiger partial charge in [-0.25, -0.2) is 4.39 Å². The van der Waals surface area contributed by atoms with E-state index in [2.05, 4.69) is 5.32 Å². The van der Waals surface area contributed by atoms with Crippen molar-refractivity contribution in [3.63, 3.8) is 0 Å². The van der Waals surface area contributed by atoms with Crippen LogP contribution in [0, 0.1) is 11.7 Å². The van der Waals surface area contributed by atoms with Crippen LogP contribution >= 0.6 is 0 Å². The third-order valence-electron chi connectivity index (χ3n) is 5.84. The van der Waals surface area contributed by atoms with E-state index >= 15 is 0 Å². The molecule has 32 heavy (non-hydrogen) atoms. The molecule has 5 nitrogen and oxygen atoms in total. The number of hydrogen-bond acceptors (Lipinski definition) is 3. The normalized spacial score (nSPS) is 18.1. The minimum atomic E-state index is -0.563. The van der Waals surface area contributed by atoms with Crippen molar-refractivity contribution >= 4 is 17.5 Å². The number of carbonyl (C=O) groups excluding carboxylic acids is 2. The minimum Gasteiger partial charge on any atom is -0.497 e. The molecular formula is C26H25FN2O3. The summed E-state index contributed by atoms with van der Waals surface area (Å²) >= 11 is 0.